The van der Waals surface area contributed by atoms with E-state index in [1.807, 2.05) is 58.8 Å². The lowest BCUT2D eigenvalue weighted by molar-refractivity contribution is 0.0731. The Labute approximate surface area is 187 Å². The summed E-state index contributed by atoms with van der Waals surface area (Å²) in [6, 6.07) is 11.6. The highest BCUT2D eigenvalue weighted by Crippen LogP contribution is 2.36. The summed E-state index contributed by atoms with van der Waals surface area (Å²) in [6.07, 6.45) is 3.69. The van der Waals surface area contributed by atoms with Crippen molar-refractivity contribution >= 4 is 34.0 Å². The molecule has 0 aromatic carbocycles. The Hall–Kier alpha value is -3.59. The fourth-order valence-corrected chi connectivity index (χ4v) is 5.31. The predicted octanol–water partition coefficient (Wildman–Crippen LogP) is 4.59. The van der Waals surface area contributed by atoms with Gasteiger partial charge in [0.25, 0.3) is 11.6 Å². The fourth-order valence-electron chi connectivity index (χ4n) is 4.48. The van der Waals surface area contributed by atoms with Crippen molar-refractivity contribution in [2.75, 3.05) is 6.54 Å². The van der Waals surface area contributed by atoms with Gasteiger partial charge in [-0.2, -0.15) is 0 Å². The molecule has 0 saturated carbocycles. The van der Waals surface area contributed by atoms with Crippen LogP contribution in [0.2, 0.25) is 0 Å². The Balaban J connectivity index is 1.46. The number of fused-ring (bicyclic) bond motifs is 2. The van der Waals surface area contributed by atoms with Gasteiger partial charge in [-0.15, -0.1) is 21.5 Å². The number of pyridine rings is 2. The summed E-state index contributed by atoms with van der Waals surface area (Å²) in [4.78, 5) is 22.6. The van der Waals surface area contributed by atoms with Gasteiger partial charge in [0.2, 0.25) is 0 Å². The molecule has 5 aromatic heterocycles. The second kappa shape index (κ2) is 7.23. The normalized spacial score (nSPS) is 16.4. The lowest BCUT2D eigenvalue weighted by Gasteiger charge is -2.24. The Morgan fingerprint density at radius 3 is 2.94 bits per heavy atom. The van der Waals surface area contributed by atoms with Crippen LogP contribution < -0.4 is 0 Å². The first-order valence-electron chi connectivity index (χ1n) is 10.5. The number of likely N-dealkylation sites (tertiary alicyclic amines) is 1. The Morgan fingerprint density at radius 2 is 2.09 bits per heavy atom. The number of hydrogen-bond donors (Lipinski definition) is 0. The molecule has 160 valence electrons. The molecule has 1 atom stereocenters. The Kier molecular flexibility index (Phi) is 4.32. The van der Waals surface area contributed by atoms with Crippen LogP contribution in [0.25, 0.3) is 27.3 Å². The quantitative estimate of drug-likeness (QED) is 0.404. The summed E-state index contributed by atoms with van der Waals surface area (Å²) in [7, 11) is 0. The minimum Gasteiger partial charge on any atom is -0.335 e. The molecule has 1 fully saturated rings. The summed E-state index contributed by atoms with van der Waals surface area (Å²) < 4.78 is 7.44. The van der Waals surface area contributed by atoms with Crippen LogP contribution >= 0.6 is 11.3 Å². The largest absolute Gasteiger partial charge is 0.335 e. The van der Waals surface area contributed by atoms with Crippen molar-refractivity contribution in [3.8, 4) is 10.6 Å². The van der Waals surface area contributed by atoms with Crippen molar-refractivity contribution in [1.82, 2.24) is 29.6 Å². The van der Waals surface area contributed by atoms with Crippen molar-refractivity contribution in [2.24, 2.45) is 0 Å². The standard InChI is InChI=1S/C23H20N6O2S/c1-13-8-9-18(32-13)16-12-15(20-14(2)27-31-22(20)24-16)23(30)28-11-5-6-17(28)21-26-25-19-7-3-4-10-29(19)21/h3-4,7-10,12,17H,5-6,11H2,1-2H3. The van der Waals surface area contributed by atoms with Crippen LogP contribution in [0.5, 0.6) is 0 Å². The first-order chi connectivity index (χ1) is 15.6. The van der Waals surface area contributed by atoms with Gasteiger partial charge in [0, 0.05) is 17.6 Å². The molecular formula is C23H20N6O2S. The number of nitrogens with zero attached hydrogens (tertiary/aromatic N) is 6. The summed E-state index contributed by atoms with van der Waals surface area (Å²) >= 11 is 1.64. The third-order valence-corrected chi connectivity index (χ3v) is 7.02. The number of hydrogen-bond acceptors (Lipinski definition) is 7. The smallest absolute Gasteiger partial charge is 0.259 e. The first-order valence-corrected chi connectivity index (χ1v) is 11.4. The van der Waals surface area contributed by atoms with Crippen LogP contribution in [-0.2, 0) is 0 Å². The molecule has 32 heavy (non-hydrogen) atoms. The van der Waals surface area contributed by atoms with Gasteiger partial charge in [0.1, 0.15) is 0 Å². The zero-order valence-corrected chi connectivity index (χ0v) is 18.5. The molecule has 6 rings (SSSR count). The van der Waals surface area contributed by atoms with Gasteiger partial charge in [0.05, 0.1) is 33.3 Å². The molecule has 1 aliphatic rings. The van der Waals surface area contributed by atoms with E-state index in [0.717, 1.165) is 34.9 Å². The summed E-state index contributed by atoms with van der Waals surface area (Å²) in [5.74, 6) is 0.723. The number of carbonyl (C=O) groups excluding carboxylic acids is 1. The lowest BCUT2D eigenvalue weighted by atomic mass is 10.1. The van der Waals surface area contributed by atoms with E-state index in [1.165, 1.54) is 4.88 Å². The zero-order chi connectivity index (χ0) is 21.8. The highest BCUT2D eigenvalue weighted by atomic mass is 32.1. The molecule has 1 aliphatic heterocycles. The van der Waals surface area contributed by atoms with Gasteiger partial charge in [-0.05, 0) is 57.0 Å². The van der Waals surface area contributed by atoms with Crippen molar-refractivity contribution in [3.05, 3.63) is 64.6 Å². The summed E-state index contributed by atoms with van der Waals surface area (Å²) in [5.41, 5.74) is 3.11. The molecule has 9 heteroatoms. The topological polar surface area (TPSA) is 89.4 Å². The Morgan fingerprint density at radius 1 is 1.19 bits per heavy atom. The van der Waals surface area contributed by atoms with Gasteiger partial charge < -0.3 is 9.42 Å². The zero-order valence-electron chi connectivity index (χ0n) is 17.6. The fraction of sp³-hybridized carbons (Fsp3) is 0.261. The minimum absolute atomic E-state index is 0.0617. The van der Waals surface area contributed by atoms with Crippen LogP contribution in [-0.4, -0.2) is 42.1 Å². The van der Waals surface area contributed by atoms with Crippen molar-refractivity contribution in [3.63, 3.8) is 0 Å². The maximum absolute atomic E-state index is 13.9. The van der Waals surface area contributed by atoms with Crippen LogP contribution in [0.1, 0.15) is 45.6 Å². The highest BCUT2D eigenvalue weighted by Gasteiger charge is 2.35. The van der Waals surface area contributed by atoms with Crippen molar-refractivity contribution in [2.45, 2.75) is 32.7 Å². The molecule has 8 nitrogen and oxygen atoms in total. The lowest BCUT2D eigenvalue weighted by Crippen LogP contribution is -2.31. The van der Waals surface area contributed by atoms with E-state index in [2.05, 4.69) is 27.3 Å². The van der Waals surface area contributed by atoms with Gasteiger partial charge >= 0.3 is 0 Å². The molecule has 1 unspecified atom stereocenters. The average Bonchev–Trinajstić information content (AvgIpc) is 3.59. The first kappa shape index (κ1) is 19.1. The SMILES string of the molecule is Cc1ccc(-c2cc(C(=O)N3CCCC3c3nnc4ccccn34)c3c(C)noc3n2)s1. The van der Waals surface area contributed by atoms with Gasteiger partial charge in [-0.25, -0.2) is 4.98 Å². The van der Waals surface area contributed by atoms with E-state index >= 15 is 0 Å². The molecule has 5 aromatic rings. The van der Waals surface area contributed by atoms with Crippen LogP contribution in [0, 0.1) is 13.8 Å². The van der Waals surface area contributed by atoms with E-state index in [1.54, 1.807) is 11.3 Å². The summed E-state index contributed by atoms with van der Waals surface area (Å²) in [6.45, 7) is 4.55. The van der Waals surface area contributed by atoms with Crippen LogP contribution in [0.3, 0.4) is 0 Å². The van der Waals surface area contributed by atoms with Gasteiger partial charge in [0.15, 0.2) is 11.5 Å². The highest BCUT2D eigenvalue weighted by molar-refractivity contribution is 7.15. The molecular weight excluding hydrogens is 424 g/mol. The van der Waals surface area contributed by atoms with E-state index in [0.29, 0.717) is 28.9 Å². The summed E-state index contributed by atoms with van der Waals surface area (Å²) in [5, 5.41) is 13.5. The number of carbonyl (C=O) groups is 1. The van der Waals surface area contributed by atoms with E-state index < -0.39 is 0 Å². The van der Waals surface area contributed by atoms with Crippen molar-refractivity contribution < 1.29 is 9.32 Å². The maximum atomic E-state index is 13.9. The van der Waals surface area contributed by atoms with E-state index in [-0.39, 0.29) is 11.9 Å². The van der Waals surface area contributed by atoms with Gasteiger partial charge in [-0.1, -0.05) is 11.2 Å². The number of rotatable bonds is 3. The predicted molar refractivity (Wildman–Crippen MR) is 121 cm³/mol. The molecule has 0 spiro atoms. The number of amides is 1. The molecule has 1 amide bonds. The molecule has 6 heterocycles. The van der Waals surface area contributed by atoms with E-state index in [9.17, 15) is 4.79 Å². The van der Waals surface area contributed by atoms with Gasteiger partial charge in [-0.3, -0.25) is 9.20 Å². The molecule has 0 aliphatic carbocycles. The third kappa shape index (κ3) is 2.92. The van der Waals surface area contributed by atoms with Crippen molar-refractivity contribution in [1.29, 1.82) is 0 Å². The monoisotopic (exact) mass is 444 g/mol. The van der Waals surface area contributed by atoms with Crippen LogP contribution in [0.4, 0.5) is 0 Å². The molecule has 1 saturated heterocycles. The second-order valence-electron chi connectivity index (χ2n) is 8.06. The number of aryl methyl sites for hydroxylation is 2. The van der Waals surface area contributed by atoms with E-state index in [4.69, 9.17) is 4.52 Å². The minimum atomic E-state index is -0.143. The second-order valence-corrected chi connectivity index (χ2v) is 9.35. The Bertz CT molecular complexity index is 1480. The number of thiophene rings is 1. The molecule has 0 N–H and O–H groups in total. The molecule has 0 radical (unpaired) electrons. The van der Waals surface area contributed by atoms with Crippen LogP contribution in [0.15, 0.2) is 47.1 Å². The number of aromatic nitrogens is 5. The maximum Gasteiger partial charge on any atom is 0.259 e. The third-order valence-electron chi connectivity index (χ3n) is 5.99. The molecule has 0 bridgehead atoms. The average molecular weight is 445 g/mol.